The van der Waals surface area contributed by atoms with E-state index in [0.29, 0.717) is 13.2 Å². The molecular weight excluding hydrogens is 204 g/mol. The van der Waals surface area contributed by atoms with Crippen LogP contribution in [-0.4, -0.2) is 27.2 Å². The highest BCUT2D eigenvalue weighted by molar-refractivity contribution is 5.05. The molecule has 0 aliphatic heterocycles. The van der Waals surface area contributed by atoms with Crippen molar-refractivity contribution >= 4 is 0 Å². The minimum Gasteiger partial charge on any atom is -0.374 e. The van der Waals surface area contributed by atoms with Gasteiger partial charge in [-0.05, 0) is 34.6 Å². The summed E-state index contributed by atoms with van der Waals surface area (Å²) >= 11 is 0. The van der Waals surface area contributed by atoms with Crippen LogP contribution in [0.25, 0.3) is 0 Å². The fourth-order valence-corrected chi connectivity index (χ4v) is 1.15. The van der Waals surface area contributed by atoms with E-state index in [4.69, 9.17) is 10.5 Å². The van der Waals surface area contributed by atoms with Crippen molar-refractivity contribution in [3.8, 4) is 0 Å². The maximum absolute atomic E-state index is 5.92. The van der Waals surface area contributed by atoms with Gasteiger partial charge in [-0.3, -0.25) is 0 Å². The molecule has 0 radical (unpaired) electrons. The molecule has 0 saturated heterocycles. The Balaban J connectivity index is 2.48. The molecule has 0 aliphatic carbocycles. The number of rotatable bonds is 4. The third-order valence-electron chi connectivity index (χ3n) is 2.05. The van der Waals surface area contributed by atoms with Gasteiger partial charge in [0, 0.05) is 0 Å². The molecule has 5 nitrogen and oxygen atoms in total. The van der Waals surface area contributed by atoms with E-state index < -0.39 is 5.54 Å². The summed E-state index contributed by atoms with van der Waals surface area (Å²) in [5.41, 5.74) is 6.16. The molecule has 2 N–H and O–H groups in total. The Morgan fingerprint density at radius 3 is 2.38 bits per heavy atom. The Morgan fingerprint density at radius 2 is 1.94 bits per heavy atom. The largest absolute Gasteiger partial charge is 0.374 e. The summed E-state index contributed by atoms with van der Waals surface area (Å²) in [6.45, 7) is 11.2. The zero-order valence-electron chi connectivity index (χ0n) is 10.8. The molecule has 1 heterocycles. The normalized spacial score (nSPS) is 13.1. The van der Waals surface area contributed by atoms with Gasteiger partial charge in [-0.15, -0.1) is 5.10 Å². The van der Waals surface area contributed by atoms with Gasteiger partial charge in [-0.1, -0.05) is 5.21 Å². The van der Waals surface area contributed by atoms with Crippen molar-refractivity contribution in [3.63, 3.8) is 0 Å². The number of hydrogen-bond acceptors (Lipinski definition) is 4. The molecule has 0 saturated carbocycles. The third kappa shape index (κ3) is 4.28. The van der Waals surface area contributed by atoms with Gasteiger partial charge in [0.1, 0.15) is 5.69 Å². The van der Waals surface area contributed by atoms with Crippen molar-refractivity contribution in [1.82, 2.24) is 15.0 Å². The van der Waals surface area contributed by atoms with Crippen LogP contribution < -0.4 is 5.73 Å². The van der Waals surface area contributed by atoms with Crippen LogP contribution in [-0.2, 0) is 16.8 Å². The molecule has 16 heavy (non-hydrogen) atoms. The van der Waals surface area contributed by atoms with Crippen molar-refractivity contribution in [1.29, 1.82) is 0 Å². The van der Waals surface area contributed by atoms with Crippen molar-refractivity contribution in [2.45, 2.75) is 52.3 Å². The van der Waals surface area contributed by atoms with E-state index >= 15 is 0 Å². The van der Waals surface area contributed by atoms with Gasteiger partial charge in [0.05, 0.1) is 30.5 Å². The molecular formula is C11H22N4O. The van der Waals surface area contributed by atoms with E-state index in [9.17, 15) is 0 Å². The van der Waals surface area contributed by atoms with Gasteiger partial charge in [-0.2, -0.15) is 0 Å². The Bertz CT molecular complexity index is 332. The van der Waals surface area contributed by atoms with Crippen LogP contribution in [0.4, 0.5) is 0 Å². The van der Waals surface area contributed by atoms with Crippen molar-refractivity contribution in [2.75, 3.05) is 6.61 Å². The Morgan fingerprint density at radius 1 is 1.31 bits per heavy atom. The van der Waals surface area contributed by atoms with Gasteiger partial charge < -0.3 is 10.5 Å². The van der Waals surface area contributed by atoms with E-state index in [1.807, 2.05) is 40.8 Å². The molecule has 0 atom stereocenters. The zero-order valence-corrected chi connectivity index (χ0v) is 10.8. The predicted molar refractivity (Wildman–Crippen MR) is 62.9 cm³/mol. The second-order valence-electron chi connectivity index (χ2n) is 5.55. The molecule has 5 heteroatoms. The molecule has 0 aliphatic rings. The van der Waals surface area contributed by atoms with E-state index in [0.717, 1.165) is 5.69 Å². The van der Waals surface area contributed by atoms with Crippen LogP contribution in [0.15, 0.2) is 6.20 Å². The summed E-state index contributed by atoms with van der Waals surface area (Å²) in [4.78, 5) is 0. The average Bonchev–Trinajstić information content (AvgIpc) is 2.49. The Labute approximate surface area is 97.0 Å². The first-order valence-electron chi connectivity index (χ1n) is 5.52. The first-order valence-corrected chi connectivity index (χ1v) is 5.52. The smallest absolute Gasteiger partial charge is 0.102 e. The summed E-state index contributed by atoms with van der Waals surface area (Å²) in [7, 11) is 0. The maximum atomic E-state index is 5.92. The summed E-state index contributed by atoms with van der Waals surface area (Å²) in [5.74, 6) is 0. The zero-order chi connectivity index (χ0) is 12.4. The lowest BCUT2D eigenvalue weighted by Crippen LogP contribution is -2.29. The molecule has 0 fully saturated rings. The monoisotopic (exact) mass is 226 g/mol. The minimum atomic E-state index is -0.441. The van der Waals surface area contributed by atoms with Crippen LogP contribution in [0.2, 0.25) is 0 Å². The van der Waals surface area contributed by atoms with Gasteiger partial charge >= 0.3 is 0 Å². The lowest BCUT2D eigenvalue weighted by atomic mass is 10.0. The summed E-state index contributed by atoms with van der Waals surface area (Å²) in [6, 6.07) is 0. The molecule has 0 amide bonds. The summed E-state index contributed by atoms with van der Waals surface area (Å²) in [5, 5.41) is 8.04. The second kappa shape index (κ2) is 4.51. The topological polar surface area (TPSA) is 66.0 Å². The first kappa shape index (κ1) is 13.1. The fourth-order valence-electron chi connectivity index (χ4n) is 1.15. The van der Waals surface area contributed by atoms with Crippen LogP contribution in [0, 0.1) is 0 Å². The van der Waals surface area contributed by atoms with Gasteiger partial charge in [0.15, 0.2) is 0 Å². The third-order valence-corrected chi connectivity index (χ3v) is 2.05. The lowest BCUT2D eigenvalue weighted by molar-refractivity contribution is -0.00806. The van der Waals surface area contributed by atoms with E-state index in [1.165, 1.54) is 0 Å². The number of ether oxygens (including phenoxy) is 1. The highest BCUT2D eigenvalue weighted by Gasteiger charge is 2.18. The standard InChI is InChI=1S/C11H22N4O/c1-10(2,3)16-7-6-15-8-9(13-14-15)11(4,5)12/h8H,6-7,12H2,1-5H3. The van der Waals surface area contributed by atoms with E-state index in [-0.39, 0.29) is 5.60 Å². The molecule has 0 bridgehead atoms. The van der Waals surface area contributed by atoms with Crippen LogP contribution in [0.1, 0.15) is 40.3 Å². The molecule has 1 aromatic heterocycles. The SMILES string of the molecule is CC(C)(C)OCCn1cc(C(C)(C)N)nn1. The molecule has 0 unspecified atom stereocenters. The van der Waals surface area contributed by atoms with E-state index in [2.05, 4.69) is 10.3 Å². The predicted octanol–water partition coefficient (Wildman–Crippen LogP) is 1.29. The Hall–Kier alpha value is -0.940. The maximum Gasteiger partial charge on any atom is 0.102 e. The number of nitrogens with two attached hydrogens (primary N) is 1. The summed E-state index contributed by atoms with van der Waals surface area (Å²) in [6.07, 6.45) is 1.87. The number of aromatic nitrogens is 3. The van der Waals surface area contributed by atoms with Gasteiger partial charge in [0.2, 0.25) is 0 Å². The number of nitrogens with zero attached hydrogens (tertiary/aromatic N) is 3. The first-order chi connectivity index (χ1) is 7.18. The Kier molecular flexibility index (Phi) is 3.70. The molecule has 1 rings (SSSR count). The second-order valence-corrected chi connectivity index (χ2v) is 5.55. The molecule has 0 aromatic carbocycles. The van der Waals surface area contributed by atoms with Crippen LogP contribution in [0.3, 0.4) is 0 Å². The van der Waals surface area contributed by atoms with Crippen molar-refractivity contribution in [3.05, 3.63) is 11.9 Å². The summed E-state index contributed by atoms with van der Waals surface area (Å²) < 4.78 is 7.37. The average molecular weight is 226 g/mol. The van der Waals surface area contributed by atoms with Crippen LogP contribution >= 0.6 is 0 Å². The quantitative estimate of drug-likeness (QED) is 0.840. The van der Waals surface area contributed by atoms with Gasteiger partial charge in [0.25, 0.3) is 0 Å². The van der Waals surface area contributed by atoms with Crippen molar-refractivity contribution < 1.29 is 4.74 Å². The molecule has 1 aromatic rings. The van der Waals surface area contributed by atoms with E-state index in [1.54, 1.807) is 4.68 Å². The van der Waals surface area contributed by atoms with Crippen molar-refractivity contribution in [2.24, 2.45) is 5.73 Å². The highest BCUT2D eigenvalue weighted by Crippen LogP contribution is 2.12. The van der Waals surface area contributed by atoms with Crippen LogP contribution in [0.5, 0.6) is 0 Å². The molecule has 92 valence electrons. The highest BCUT2D eigenvalue weighted by atomic mass is 16.5. The molecule has 0 spiro atoms. The minimum absolute atomic E-state index is 0.115. The van der Waals surface area contributed by atoms with Gasteiger partial charge in [-0.25, -0.2) is 4.68 Å². The lowest BCUT2D eigenvalue weighted by Gasteiger charge is -2.19. The number of hydrogen-bond donors (Lipinski definition) is 1. The fraction of sp³-hybridized carbons (Fsp3) is 0.818.